The van der Waals surface area contributed by atoms with Gasteiger partial charge in [-0.3, -0.25) is 0 Å². The van der Waals surface area contributed by atoms with Gasteiger partial charge in [-0.25, -0.2) is 19.6 Å². The lowest BCUT2D eigenvalue weighted by molar-refractivity contribution is -0.130. The van der Waals surface area contributed by atoms with E-state index in [1.807, 2.05) is 0 Å². The average molecular weight is 489 g/mol. The molecule has 0 amide bonds. The summed E-state index contributed by atoms with van der Waals surface area (Å²) in [6.45, 7) is 0. The van der Waals surface area contributed by atoms with E-state index < -0.39 is 11.9 Å². The van der Waals surface area contributed by atoms with E-state index in [0.717, 1.165) is 11.1 Å². The zero-order valence-electron chi connectivity index (χ0n) is 17.4. The summed E-state index contributed by atoms with van der Waals surface area (Å²) in [6, 6.07) is 20.9. The maximum Gasteiger partial charge on any atom is 0.363 e. The van der Waals surface area contributed by atoms with Crippen LogP contribution in [0.5, 0.6) is 0 Å². The Labute approximate surface area is 204 Å². The van der Waals surface area contributed by atoms with Gasteiger partial charge < -0.3 is 9.47 Å². The van der Waals surface area contributed by atoms with Crippen LogP contribution in [0.3, 0.4) is 0 Å². The summed E-state index contributed by atoms with van der Waals surface area (Å²) < 4.78 is 10.6. The summed E-state index contributed by atoms with van der Waals surface area (Å²) >= 11 is 11.8. The van der Waals surface area contributed by atoms with E-state index in [2.05, 4.69) is 9.98 Å². The Balaban J connectivity index is 1.35. The molecule has 2 aliphatic heterocycles. The second-order valence-corrected chi connectivity index (χ2v) is 8.23. The molecule has 166 valence electrons. The largest absolute Gasteiger partial charge is 0.402 e. The molecule has 5 rings (SSSR count). The topological polar surface area (TPSA) is 77.3 Å². The Morgan fingerprint density at radius 3 is 1.26 bits per heavy atom. The minimum absolute atomic E-state index is 0.186. The van der Waals surface area contributed by atoms with Gasteiger partial charge in [0.05, 0.1) is 0 Å². The number of rotatable bonds is 4. The van der Waals surface area contributed by atoms with Crippen molar-refractivity contribution in [1.82, 2.24) is 0 Å². The first-order valence-electron chi connectivity index (χ1n) is 10.1. The number of ether oxygens (including phenoxy) is 2. The summed E-state index contributed by atoms with van der Waals surface area (Å²) in [5, 5.41) is 1.20. The van der Waals surface area contributed by atoms with Crippen molar-refractivity contribution in [2.24, 2.45) is 9.98 Å². The molecule has 2 heterocycles. The summed E-state index contributed by atoms with van der Waals surface area (Å²) in [6.07, 6.45) is 3.25. The number of aliphatic imine (C=N–C) groups is 2. The van der Waals surface area contributed by atoms with Crippen LogP contribution in [0.1, 0.15) is 22.3 Å². The molecule has 2 aliphatic rings. The van der Waals surface area contributed by atoms with Crippen molar-refractivity contribution in [2.45, 2.75) is 0 Å². The number of nitrogens with zero attached hydrogens (tertiary/aromatic N) is 2. The number of carbonyl (C=O) groups excluding carboxylic acids is 2. The summed E-state index contributed by atoms with van der Waals surface area (Å²) in [5.74, 6) is -0.712. The highest BCUT2D eigenvalue weighted by atomic mass is 35.5. The second kappa shape index (κ2) is 9.09. The van der Waals surface area contributed by atoms with Crippen LogP contribution >= 0.6 is 23.2 Å². The predicted molar refractivity (Wildman–Crippen MR) is 131 cm³/mol. The lowest BCUT2D eigenvalue weighted by atomic mass is 10.1. The van der Waals surface area contributed by atoms with Crippen LogP contribution in [0.2, 0.25) is 10.0 Å². The van der Waals surface area contributed by atoms with Crippen molar-refractivity contribution in [1.29, 1.82) is 0 Å². The molecule has 0 fully saturated rings. The van der Waals surface area contributed by atoms with E-state index in [0.29, 0.717) is 21.2 Å². The maximum absolute atomic E-state index is 12.2. The Morgan fingerprint density at radius 2 is 0.912 bits per heavy atom. The van der Waals surface area contributed by atoms with E-state index >= 15 is 0 Å². The van der Waals surface area contributed by atoms with Crippen molar-refractivity contribution in [3.8, 4) is 0 Å². The maximum atomic E-state index is 12.2. The van der Waals surface area contributed by atoms with Crippen LogP contribution in [0.25, 0.3) is 12.2 Å². The van der Waals surface area contributed by atoms with Crippen LogP contribution in [0.4, 0.5) is 0 Å². The molecule has 0 spiro atoms. The molecule has 0 atom stereocenters. The third-order valence-electron chi connectivity index (χ3n) is 4.97. The summed E-state index contributed by atoms with van der Waals surface area (Å²) in [5.41, 5.74) is 3.12. The first-order valence-corrected chi connectivity index (χ1v) is 10.9. The highest BCUT2D eigenvalue weighted by Gasteiger charge is 2.26. The fourth-order valence-electron chi connectivity index (χ4n) is 3.25. The molecular weight excluding hydrogens is 475 g/mol. The predicted octanol–water partition coefficient (Wildman–Crippen LogP) is 5.68. The van der Waals surface area contributed by atoms with Gasteiger partial charge in [0, 0.05) is 21.2 Å². The van der Waals surface area contributed by atoms with Crippen LogP contribution in [0.15, 0.2) is 94.2 Å². The first-order chi connectivity index (χ1) is 16.4. The van der Waals surface area contributed by atoms with E-state index in [4.69, 9.17) is 32.7 Å². The lowest BCUT2D eigenvalue weighted by Gasteiger charge is -2.02. The number of esters is 2. The van der Waals surface area contributed by atoms with Gasteiger partial charge in [0.1, 0.15) is 0 Å². The molecule has 6 nitrogen and oxygen atoms in total. The van der Waals surface area contributed by atoms with Gasteiger partial charge in [0.25, 0.3) is 0 Å². The van der Waals surface area contributed by atoms with Crippen LogP contribution < -0.4 is 0 Å². The van der Waals surface area contributed by atoms with Crippen molar-refractivity contribution in [2.75, 3.05) is 0 Å². The van der Waals surface area contributed by atoms with Crippen molar-refractivity contribution >= 4 is 59.1 Å². The number of halogens is 2. The first kappa shape index (κ1) is 21.8. The van der Waals surface area contributed by atoms with Gasteiger partial charge in [0.2, 0.25) is 11.8 Å². The standard InChI is InChI=1S/C26H14Cl2N2O4/c27-19-9-1-15(2-10-19)13-21-25(31)33-23(29-21)17-5-7-18(8-6-17)24-30-22(26(32)34-24)14-16-3-11-20(28)12-4-16/h1-14H/b21-13-,22-14+. The quantitative estimate of drug-likeness (QED) is 0.349. The fraction of sp³-hybridized carbons (Fsp3) is 0. The molecule has 0 saturated carbocycles. The molecule has 34 heavy (non-hydrogen) atoms. The zero-order valence-corrected chi connectivity index (χ0v) is 18.9. The molecule has 0 aromatic heterocycles. The van der Waals surface area contributed by atoms with Crippen LogP contribution in [-0.4, -0.2) is 23.7 Å². The third-order valence-corrected chi connectivity index (χ3v) is 5.47. The number of hydrogen-bond acceptors (Lipinski definition) is 6. The Morgan fingerprint density at radius 1 is 0.559 bits per heavy atom. The smallest absolute Gasteiger partial charge is 0.363 e. The molecule has 0 N–H and O–H groups in total. The second-order valence-electron chi connectivity index (χ2n) is 7.35. The highest BCUT2D eigenvalue weighted by molar-refractivity contribution is 6.30. The molecule has 0 radical (unpaired) electrons. The number of hydrogen-bond donors (Lipinski definition) is 0. The minimum atomic E-state index is -0.542. The number of carbonyl (C=O) groups is 2. The van der Waals surface area contributed by atoms with Crippen molar-refractivity contribution in [3.05, 3.63) is 116 Å². The van der Waals surface area contributed by atoms with E-state index in [1.54, 1.807) is 84.9 Å². The monoisotopic (exact) mass is 488 g/mol. The van der Waals surface area contributed by atoms with E-state index in [-0.39, 0.29) is 23.2 Å². The average Bonchev–Trinajstić information content (AvgIpc) is 3.39. The Bertz CT molecular complexity index is 1310. The lowest BCUT2D eigenvalue weighted by Crippen LogP contribution is -2.07. The third kappa shape index (κ3) is 4.69. The number of cyclic esters (lactones) is 2. The minimum Gasteiger partial charge on any atom is -0.402 e. The van der Waals surface area contributed by atoms with Gasteiger partial charge in [-0.1, -0.05) is 47.5 Å². The van der Waals surface area contributed by atoms with Gasteiger partial charge >= 0.3 is 11.9 Å². The Hall–Kier alpha value is -4.00. The molecule has 8 heteroatoms. The van der Waals surface area contributed by atoms with Crippen LogP contribution in [-0.2, 0) is 19.1 Å². The molecule has 0 saturated heterocycles. The van der Waals surface area contributed by atoms with Gasteiger partial charge in [-0.2, -0.15) is 0 Å². The van der Waals surface area contributed by atoms with E-state index in [1.165, 1.54) is 0 Å². The molecule has 3 aromatic carbocycles. The van der Waals surface area contributed by atoms with E-state index in [9.17, 15) is 9.59 Å². The molecule has 0 unspecified atom stereocenters. The molecular formula is C26H14Cl2N2O4. The molecule has 0 bridgehead atoms. The Kier molecular flexibility index (Phi) is 5.84. The van der Waals surface area contributed by atoms with Gasteiger partial charge in [0.15, 0.2) is 11.4 Å². The number of benzene rings is 3. The fourth-order valence-corrected chi connectivity index (χ4v) is 3.51. The normalized spacial score (nSPS) is 17.6. The summed E-state index contributed by atoms with van der Waals surface area (Å²) in [4.78, 5) is 33.1. The molecule has 3 aromatic rings. The SMILES string of the molecule is O=C1OC(c2ccc(C3=N/C(=C/c4ccc(Cl)cc4)C(=O)O3)cc2)=N/C1=C\c1ccc(Cl)cc1. The highest BCUT2D eigenvalue weighted by Crippen LogP contribution is 2.23. The van der Waals surface area contributed by atoms with Crippen molar-refractivity contribution in [3.63, 3.8) is 0 Å². The van der Waals surface area contributed by atoms with Gasteiger partial charge in [-0.15, -0.1) is 0 Å². The summed E-state index contributed by atoms with van der Waals surface area (Å²) in [7, 11) is 0. The molecule has 0 aliphatic carbocycles. The zero-order chi connectivity index (χ0) is 23.7. The van der Waals surface area contributed by atoms with Crippen molar-refractivity contribution < 1.29 is 19.1 Å². The van der Waals surface area contributed by atoms with Gasteiger partial charge in [-0.05, 0) is 71.8 Å². The van der Waals surface area contributed by atoms with Crippen LogP contribution in [0, 0.1) is 0 Å².